The molecule has 0 aromatic carbocycles. The van der Waals surface area contributed by atoms with Gasteiger partial charge in [0.25, 0.3) is 0 Å². The van der Waals surface area contributed by atoms with Crippen LogP contribution in [0.1, 0.15) is 55.8 Å². The number of nitrogens with zero attached hydrogens (tertiary/aromatic N) is 6. The normalized spacial score (nSPS) is 18.1. The summed E-state index contributed by atoms with van der Waals surface area (Å²) in [4.78, 5) is 17.9. The number of H-pyrrole nitrogens is 1. The number of ether oxygens (including phenoxy) is 1. The molecule has 2 saturated heterocycles. The van der Waals surface area contributed by atoms with Crippen molar-refractivity contribution in [3.05, 3.63) is 54.4 Å². The van der Waals surface area contributed by atoms with Crippen LogP contribution >= 0.6 is 0 Å². The second-order valence-electron chi connectivity index (χ2n) is 11.1. The minimum atomic E-state index is 0.468. The lowest BCUT2D eigenvalue weighted by Crippen LogP contribution is -2.34. The second-order valence-corrected chi connectivity index (χ2v) is 11.1. The number of nitrogens with one attached hydrogen (secondary N) is 1. The molecular weight excluding hydrogens is 474 g/mol. The molecule has 2 aliphatic heterocycles. The summed E-state index contributed by atoms with van der Waals surface area (Å²) in [6, 6.07) is 5.03. The van der Waals surface area contributed by atoms with E-state index in [0.717, 1.165) is 98.4 Å². The van der Waals surface area contributed by atoms with E-state index in [2.05, 4.69) is 65.0 Å². The molecule has 0 radical (unpaired) electrons. The molecule has 6 heterocycles. The van der Waals surface area contributed by atoms with Crippen LogP contribution in [0.25, 0.3) is 33.3 Å². The molecule has 2 aliphatic rings. The Morgan fingerprint density at radius 1 is 0.974 bits per heavy atom. The first-order chi connectivity index (χ1) is 18.6. The monoisotopic (exact) mass is 513 g/mol. The molecular formula is C30H39N7O. The van der Waals surface area contributed by atoms with Crippen molar-refractivity contribution < 1.29 is 4.74 Å². The van der Waals surface area contributed by atoms with Crippen LogP contribution in [0.5, 0.6) is 0 Å². The molecule has 6 rings (SSSR count). The smallest absolute Gasteiger partial charge is 0.137 e. The standard InChI is InChI=1S/C30H39N7O/c1-4-36-9-5-26(6-10-36)37-20-25(17-34-37)28-18-33-30-27(28)14-23(16-32-30)22-13-24(19-35(2)3)29(31-15-22)21-7-11-38-12-8-21/h13-18,20-21,26H,4-12,19H2,1-3H3,(H,32,33). The lowest BCUT2D eigenvalue weighted by atomic mass is 9.91. The van der Waals surface area contributed by atoms with Gasteiger partial charge in [0.2, 0.25) is 0 Å². The van der Waals surface area contributed by atoms with Gasteiger partial charge in [0.05, 0.1) is 12.2 Å². The minimum absolute atomic E-state index is 0.468. The zero-order valence-electron chi connectivity index (χ0n) is 22.9. The van der Waals surface area contributed by atoms with Gasteiger partial charge < -0.3 is 19.5 Å². The summed E-state index contributed by atoms with van der Waals surface area (Å²) in [5.74, 6) is 0.468. The first-order valence-corrected chi connectivity index (χ1v) is 14.0. The van der Waals surface area contributed by atoms with Crippen LogP contribution in [0, 0.1) is 0 Å². The maximum absolute atomic E-state index is 5.60. The Labute approximate surface area is 225 Å². The van der Waals surface area contributed by atoms with Crippen molar-refractivity contribution in [2.24, 2.45) is 0 Å². The zero-order chi connectivity index (χ0) is 26.1. The van der Waals surface area contributed by atoms with Crippen molar-refractivity contribution in [2.75, 3.05) is 46.9 Å². The molecule has 4 aromatic heterocycles. The van der Waals surface area contributed by atoms with Gasteiger partial charge in [-0.1, -0.05) is 6.92 Å². The molecule has 38 heavy (non-hydrogen) atoms. The highest BCUT2D eigenvalue weighted by molar-refractivity contribution is 5.95. The maximum atomic E-state index is 5.60. The van der Waals surface area contributed by atoms with Gasteiger partial charge in [-0.3, -0.25) is 9.67 Å². The highest BCUT2D eigenvalue weighted by atomic mass is 16.5. The SMILES string of the molecule is CCN1CCC(n2cc(-c3c[nH]c4ncc(-c5cnc(C6CCOCC6)c(CN(C)C)c5)cc34)cn2)CC1. The number of aromatic amines is 1. The van der Waals surface area contributed by atoms with Crippen LogP contribution in [0.3, 0.4) is 0 Å². The molecule has 0 saturated carbocycles. The van der Waals surface area contributed by atoms with Crippen molar-refractivity contribution in [1.82, 2.24) is 34.5 Å². The predicted octanol–water partition coefficient (Wildman–Crippen LogP) is 5.10. The lowest BCUT2D eigenvalue weighted by Gasteiger charge is -2.31. The Bertz CT molecular complexity index is 1380. The molecule has 0 unspecified atom stereocenters. The molecule has 4 aromatic rings. The third kappa shape index (κ3) is 5.13. The topological polar surface area (TPSA) is 75.1 Å². The van der Waals surface area contributed by atoms with E-state index in [1.54, 1.807) is 0 Å². The molecule has 0 bridgehead atoms. The number of fused-ring (bicyclic) bond motifs is 1. The van der Waals surface area contributed by atoms with Gasteiger partial charge in [-0.05, 0) is 64.0 Å². The fourth-order valence-electron chi connectivity index (χ4n) is 6.06. The van der Waals surface area contributed by atoms with Crippen molar-refractivity contribution in [1.29, 1.82) is 0 Å². The fourth-order valence-corrected chi connectivity index (χ4v) is 6.06. The summed E-state index contributed by atoms with van der Waals surface area (Å²) in [5.41, 5.74) is 7.89. The van der Waals surface area contributed by atoms with Crippen LogP contribution in [0.4, 0.5) is 0 Å². The van der Waals surface area contributed by atoms with Crippen LogP contribution in [0.15, 0.2) is 43.1 Å². The lowest BCUT2D eigenvalue weighted by molar-refractivity contribution is 0.0842. The molecule has 8 nitrogen and oxygen atoms in total. The number of rotatable bonds is 7. The molecule has 0 spiro atoms. The Kier molecular flexibility index (Phi) is 7.28. The number of likely N-dealkylation sites (tertiary alicyclic amines) is 1. The molecule has 8 heteroatoms. The van der Waals surface area contributed by atoms with Gasteiger partial charge in [-0.25, -0.2) is 4.98 Å². The maximum Gasteiger partial charge on any atom is 0.137 e. The van der Waals surface area contributed by atoms with E-state index in [1.165, 1.54) is 11.3 Å². The Morgan fingerprint density at radius 3 is 2.50 bits per heavy atom. The number of hydrogen-bond donors (Lipinski definition) is 1. The largest absolute Gasteiger partial charge is 0.381 e. The number of aromatic nitrogens is 5. The van der Waals surface area contributed by atoms with E-state index < -0.39 is 0 Å². The van der Waals surface area contributed by atoms with E-state index in [-0.39, 0.29) is 0 Å². The van der Waals surface area contributed by atoms with Crippen LogP contribution in [-0.2, 0) is 11.3 Å². The second kappa shape index (κ2) is 11.0. The highest BCUT2D eigenvalue weighted by Crippen LogP contribution is 2.34. The number of hydrogen-bond acceptors (Lipinski definition) is 6. The summed E-state index contributed by atoms with van der Waals surface area (Å²) in [5, 5.41) is 5.88. The van der Waals surface area contributed by atoms with Crippen molar-refractivity contribution in [3.8, 4) is 22.3 Å². The van der Waals surface area contributed by atoms with Gasteiger partial charge in [-0.15, -0.1) is 0 Å². The van der Waals surface area contributed by atoms with Gasteiger partial charge in [-0.2, -0.15) is 5.10 Å². The average molecular weight is 514 g/mol. The number of piperidine rings is 1. The summed E-state index contributed by atoms with van der Waals surface area (Å²) in [6.45, 7) is 8.18. The van der Waals surface area contributed by atoms with E-state index >= 15 is 0 Å². The Balaban J connectivity index is 1.30. The van der Waals surface area contributed by atoms with Crippen molar-refractivity contribution in [3.63, 3.8) is 0 Å². The third-order valence-corrected chi connectivity index (χ3v) is 8.25. The van der Waals surface area contributed by atoms with Crippen LogP contribution in [0.2, 0.25) is 0 Å². The molecule has 0 atom stereocenters. The summed E-state index contributed by atoms with van der Waals surface area (Å²) in [6.07, 6.45) is 14.6. The minimum Gasteiger partial charge on any atom is -0.381 e. The van der Waals surface area contributed by atoms with Crippen molar-refractivity contribution in [2.45, 2.75) is 51.1 Å². The van der Waals surface area contributed by atoms with Crippen LogP contribution < -0.4 is 0 Å². The predicted molar refractivity (Wildman–Crippen MR) is 151 cm³/mol. The van der Waals surface area contributed by atoms with Gasteiger partial charge >= 0.3 is 0 Å². The molecule has 2 fully saturated rings. The first kappa shape index (κ1) is 25.2. The summed E-state index contributed by atoms with van der Waals surface area (Å²) < 4.78 is 7.78. The summed E-state index contributed by atoms with van der Waals surface area (Å²) in [7, 11) is 4.24. The first-order valence-electron chi connectivity index (χ1n) is 14.0. The molecule has 1 N–H and O–H groups in total. The zero-order valence-corrected chi connectivity index (χ0v) is 22.9. The van der Waals surface area contributed by atoms with Crippen molar-refractivity contribution >= 4 is 11.0 Å². The summed E-state index contributed by atoms with van der Waals surface area (Å²) >= 11 is 0. The van der Waals surface area contributed by atoms with E-state index in [1.807, 2.05) is 18.6 Å². The van der Waals surface area contributed by atoms with Gasteiger partial charge in [0.15, 0.2) is 0 Å². The van der Waals surface area contributed by atoms with E-state index in [0.29, 0.717) is 12.0 Å². The Hall–Kier alpha value is -3.07. The molecule has 200 valence electrons. The quantitative estimate of drug-likeness (QED) is 0.371. The van der Waals surface area contributed by atoms with Gasteiger partial charge in [0, 0.05) is 96.9 Å². The molecule has 0 amide bonds. The molecule has 0 aliphatic carbocycles. The fraction of sp³-hybridized carbons (Fsp3) is 0.500. The average Bonchev–Trinajstić information content (AvgIpc) is 3.60. The third-order valence-electron chi connectivity index (χ3n) is 8.25. The highest BCUT2D eigenvalue weighted by Gasteiger charge is 2.23. The Morgan fingerprint density at radius 2 is 1.74 bits per heavy atom. The van der Waals surface area contributed by atoms with E-state index in [4.69, 9.17) is 19.8 Å². The van der Waals surface area contributed by atoms with Crippen LogP contribution in [-0.4, -0.2) is 81.5 Å². The van der Waals surface area contributed by atoms with E-state index in [9.17, 15) is 0 Å². The van der Waals surface area contributed by atoms with Gasteiger partial charge in [0.1, 0.15) is 5.65 Å². The number of pyridine rings is 2.